The van der Waals surface area contributed by atoms with E-state index in [4.69, 9.17) is 5.26 Å². The summed E-state index contributed by atoms with van der Waals surface area (Å²) in [6.45, 7) is 0. The molecule has 2 aromatic rings. The Bertz CT molecular complexity index is 473. The average Bonchev–Trinajstić information content (AvgIpc) is 2.30. The number of hydrogen-bond donors (Lipinski definition) is 0. The predicted molar refractivity (Wildman–Crippen MR) is 48.8 cm³/mol. The van der Waals surface area contributed by atoms with Gasteiger partial charge in [0.1, 0.15) is 18.0 Å². The molecule has 0 saturated carbocycles. The van der Waals surface area contributed by atoms with E-state index in [1.165, 1.54) is 6.20 Å². The zero-order valence-corrected chi connectivity index (χ0v) is 7.18. The summed E-state index contributed by atoms with van der Waals surface area (Å²) < 4.78 is 0. The molecule has 0 aliphatic rings. The van der Waals surface area contributed by atoms with Crippen molar-refractivity contribution in [2.75, 3.05) is 0 Å². The monoisotopic (exact) mass is 181 g/mol. The lowest BCUT2D eigenvalue weighted by Gasteiger charge is -1.97. The first-order chi connectivity index (χ1) is 6.90. The highest BCUT2D eigenvalue weighted by molar-refractivity contribution is 5.58. The Morgan fingerprint density at radius 1 is 1.43 bits per heavy atom. The molecule has 0 atom stereocenters. The number of nitrogens with zero attached hydrogens (tertiary/aromatic N) is 4. The third-order valence-electron chi connectivity index (χ3n) is 1.68. The van der Waals surface area contributed by atoms with Gasteiger partial charge in [-0.25, -0.2) is 9.97 Å². The second kappa shape index (κ2) is 3.62. The third kappa shape index (κ3) is 1.57. The van der Waals surface area contributed by atoms with E-state index in [2.05, 4.69) is 21.1 Å². The summed E-state index contributed by atoms with van der Waals surface area (Å²) >= 11 is 0. The van der Waals surface area contributed by atoms with Gasteiger partial charge in [0.05, 0.1) is 18.1 Å². The minimum atomic E-state index is 0.369. The second-order valence-corrected chi connectivity index (χ2v) is 2.57. The Balaban J connectivity index is 2.49. The van der Waals surface area contributed by atoms with Gasteiger partial charge in [-0.05, 0) is 12.1 Å². The highest BCUT2D eigenvalue weighted by Crippen LogP contribution is 2.14. The molecule has 0 N–H and O–H groups in total. The number of hydrogen-bond acceptors (Lipinski definition) is 4. The fourth-order valence-electron chi connectivity index (χ4n) is 1.06. The van der Waals surface area contributed by atoms with Crippen LogP contribution in [0.1, 0.15) is 5.69 Å². The SMILES string of the molecule is N#Cc1cc(-c2cnc[c]n2)ccn1. The van der Waals surface area contributed by atoms with E-state index in [0.29, 0.717) is 11.4 Å². The summed E-state index contributed by atoms with van der Waals surface area (Å²) in [5.74, 6) is 0. The molecule has 0 saturated heterocycles. The maximum Gasteiger partial charge on any atom is 0.141 e. The van der Waals surface area contributed by atoms with Crippen LogP contribution in [0.3, 0.4) is 0 Å². The van der Waals surface area contributed by atoms with Crippen LogP contribution in [-0.2, 0) is 0 Å². The number of rotatable bonds is 1. The van der Waals surface area contributed by atoms with Crippen molar-refractivity contribution < 1.29 is 0 Å². The minimum Gasteiger partial charge on any atom is -0.260 e. The first-order valence-electron chi connectivity index (χ1n) is 3.95. The summed E-state index contributed by atoms with van der Waals surface area (Å²) in [7, 11) is 0. The maximum absolute atomic E-state index is 8.65. The molecule has 0 aromatic carbocycles. The van der Waals surface area contributed by atoms with Gasteiger partial charge < -0.3 is 0 Å². The van der Waals surface area contributed by atoms with Crippen molar-refractivity contribution in [2.24, 2.45) is 0 Å². The van der Waals surface area contributed by atoms with Gasteiger partial charge in [0.2, 0.25) is 0 Å². The molecule has 2 heterocycles. The lowest BCUT2D eigenvalue weighted by atomic mass is 10.2. The summed E-state index contributed by atoms with van der Waals surface area (Å²) in [5.41, 5.74) is 1.88. The van der Waals surface area contributed by atoms with Crippen LogP contribution >= 0.6 is 0 Å². The number of pyridine rings is 1. The molecule has 0 bridgehead atoms. The molecule has 2 aromatic heterocycles. The zero-order chi connectivity index (χ0) is 9.80. The minimum absolute atomic E-state index is 0.369. The van der Waals surface area contributed by atoms with E-state index in [0.717, 1.165) is 5.56 Å². The summed E-state index contributed by atoms with van der Waals surface area (Å²) in [6.07, 6.45) is 7.30. The molecule has 0 unspecified atom stereocenters. The third-order valence-corrected chi connectivity index (χ3v) is 1.68. The highest BCUT2D eigenvalue weighted by atomic mass is 14.8. The van der Waals surface area contributed by atoms with E-state index < -0.39 is 0 Å². The van der Waals surface area contributed by atoms with Crippen molar-refractivity contribution in [3.05, 3.63) is 42.6 Å². The van der Waals surface area contributed by atoms with Crippen LogP contribution in [0, 0.1) is 17.5 Å². The van der Waals surface area contributed by atoms with Crippen molar-refractivity contribution in [3.63, 3.8) is 0 Å². The Hall–Kier alpha value is -2.28. The fourth-order valence-corrected chi connectivity index (χ4v) is 1.06. The van der Waals surface area contributed by atoms with E-state index in [9.17, 15) is 0 Å². The molecule has 0 fully saturated rings. The van der Waals surface area contributed by atoms with Crippen molar-refractivity contribution in [1.82, 2.24) is 15.0 Å². The maximum atomic E-state index is 8.65. The molecule has 4 heteroatoms. The van der Waals surface area contributed by atoms with Gasteiger partial charge in [0, 0.05) is 11.8 Å². The van der Waals surface area contributed by atoms with Crippen molar-refractivity contribution in [1.29, 1.82) is 5.26 Å². The Morgan fingerprint density at radius 2 is 2.36 bits per heavy atom. The van der Waals surface area contributed by atoms with Gasteiger partial charge in [-0.15, -0.1) is 0 Å². The first-order valence-corrected chi connectivity index (χ1v) is 3.95. The normalized spacial score (nSPS) is 9.36. The molecular formula is C10H5N4. The molecule has 0 aliphatic carbocycles. The van der Waals surface area contributed by atoms with Crippen LogP contribution in [0.2, 0.25) is 0 Å². The van der Waals surface area contributed by atoms with Gasteiger partial charge in [-0.2, -0.15) is 5.26 Å². The van der Waals surface area contributed by atoms with Crippen LogP contribution in [0.5, 0.6) is 0 Å². The Labute approximate surface area is 80.9 Å². The van der Waals surface area contributed by atoms with Crippen molar-refractivity contribution in [3.8, 4) is 17.3 Å². The average molecular weight is 181 g/mol. The summed E-state index contributed by atoms with van der Waals surface area (Å²) in [4.78, 5) is 11.8. The van der Waals surface area contributed by atoms with Crippen molar-refractivity contribution >= 4 is 0 Å². The molecule has 1 radical (unpaired) electrons. The number of aromatic nitrogens is 3. The van der Waals surface area contributed by atoms with Crippen molar-refractivity contribution in [2.45, 2.75) is 0 Å². The topological polar surface area (TPSA) is 62.5 Å². The quantitative estimate of drug-likeness (QED) is 0.663. The van der Waals surface area contributed by atoms with Crippen LogP contribution in [0.15, 0.2) is 30.7 Å². The van der Waals surface area contributed by atoms with E-state index in [1.54, 1.807) is 24.5 Å². The van der Waals surface area contributed by atoms with E-state index in [1.807, 2.05) is 6.07 Å². The standard InChI is InChI=1S/C10H5N4/c11-6-9-5-8(1-2-13-9)10-7-12-3-4-14-10/h1-3,5,7H. The molecule has 14 heavy (non-hydrogen) atoms. The van der Waals surface area contributed by atoms with Crippen LogP contribution in [-0.4, -0.2) is 15.0 Å². The van der Waals surface area contributed by atoms with Gasteiger partial charge in [0.15, 0.2) is 0 Å². The lowest BCUT2D eigenvalue weighted by Crippen LogP contribution is -1.87. The van der Waals surface area contributed by atoms with Gasteiger partial charge in [0.25, 0.3) is 0 Å². The smallest absolute Gasteiger partial charge is 0.141 e. The molecule has 65 valence electrons. The van der Waals surface area contributed by atoms with Crippen LogP contribution in [0.4, 0.5) is 0 Å². The number of nitriles is 1. The molecule has 0 aliphatic heterocycles. The second-order valence-electron chi connectivity index (χ2n) is 2.57. The lowest BCUT2D eigenvalue weighted by molar-refractivity contribution is 1.18. The van der Waals surface area contributed by atoms with Crippen LogP contribution in [0.25, 0.3) is 11.3 Å². The van der Waals surface area contributed by atoms with Gasteiger partial charge >= 0.3 is 0 Å². The molecule has 2 rings (SSSR count). The van der Waals surface area contributed by atoms with Gasteiger partial charge in [-0.3, -0.25) is 4.98 Å². The van der Waals surface area contributed by atoms with Crippen LogP contribution < -0.4 is 0 Å². The van der Waals surface area contributed by atoms with E-state index >= 15 is 0 Å². The predicted octanol–water partition coefficient (Wildman–Crippen LogP) is 1.21. The van der Waals surface area contributed by atoms with Gasteiger partial charge in [-0.1, -0.05) is 0 Å². The highest BCUT2D eigenvalue weighted by Gasteiger charge is 2.00. The molecule has 0 amide bonds. The Kier molecular flexibility index (Phi) is 2.15. The largest absolute Gasteiger partial charge is 0.260 e. The first kappa shape index (κ1) is 8.32. The van der Waals surface area contributed by atoms with E-state index in [-0.39, 0.29) is 0 Å². The molecule has 0 spiro atoms. The fraction of sp³-hybridized carbons (Fsp3) is 0. The molecular weight excluding hydrogens is 176 g/mol. The zero-order valence-electron chi connectivity index (χ0n) is 7.18. The molecule has 4 nitrogen and oxygen atoms in total. The summed E-state index contributed by atoms with van der Waals surface area (Å²) in [5, 5.41) is 8.65. The Morgan fingerprint density at radius 3 is 3.07 bits per heavy atom. The summed E-state index contributed by atoms with van der Waals surface area (Å²) in [6, 6.07) is 5.41.